The van der Waals surface area contributed by atoms with Crippen LogP contribution >= 0.6 is 23.1 Å². The molecule has 0 unspecified atom stereocenters. The molecule has 166 valence electrons. The zero-order chi connectivity index (χ0) is 22.7. The third kappa shape index (κ3) is 5.70. The van der Waals surface area contributed by atoms with Gasteiger partial charge >= 0.3 is 0 Å². The highest BCUT2D eigenvalue weighted by atomic mass is 32.2. The maximum Gasteiger partial charge on any atom is 0.291 e. The van der Waals surface area contributed by atoms with Gasteiger partial charge in [-0.2, -0.15) is 0 Å². The van der Waals surface area contributed by atoms with Crippen LogP contribution in [0.1, 0.15) is 27.4 Å². The number of furan rings is 1. The Morgan fingerprint density at radius 1 is 1.12 bits per heavy atom. The second-order valence-corrected chi connectivity index (χ2v) is 11.0. The average Bonchev–Trinajstić information content (AvgIpc) is 3.34. The Labute approximate surface area is 194 Å². The number of nitrogens with zero attached hydrogens (tertiary/aromatic N) is 1. The predicted octanol–water partition coefficient (Wildman–Crippen LogP) is 5.25. The van der Waals surface area contributed by atoms with Gasteiger partial charge in [-0.05, 0) is 48.4 Å². The molecular weight excluding hydrogens is 466 g/mol. The quantitative estimate of drug-likeness (QED) is 0.352. The standard InChI is InChI=1S/C22H21N3O4S3/c1-14-5-3-4-6-15(14)12-30-13-17-8-10-19(29-17)21(26)23-16-7-9-18-20(11-16)31-22(24-18)25-32(2,27)28/h3-11H,12-13H2,1-2H3,(H,23,26)(H,24,25). The van der Waals surface area contributed by atoms with Gasteiger partial charge in [0, 0.05) is 11.4 Å². The van der Waals surface area contributed by atoms with Crippen LogP contribution in [0.5, 0.6) is 0 Å². The van der Waals surface area contributed by atoms with Gasteiger partial charge < -0.3 is 9.73 Å². The van der Waals surface area contributed by atoms with Gasteiger partial charge in [0.25, 0.3) is 5.91 Å². The van der Waals surface area contributed by atoms with Crippen LogP contribution in [0.2, 0.25) is 0 Å². The van der Waals surface area contributed by atoms with Crippen molar-refractivity contribution in [2.75, 3.05) is 16.3 Å². The van der Waals surface area contributed by atoms with Crippen molar-refractivity contribution >= 4 is 60.1 Å². The maximum absolute atomic E-state index is 12.6. The summed E-state index contributed by atoms with van der Waals surface area (Å²) in [6.45, 7) is 2.10. The summed E-state index contributed by atoms with van der Waals surface area (Å²) in [5.74, 6) is 2.17. The van der Waals surface area contributed by atoms with Gasteiger partial charge in [0.2, 0.25) is 10.0 Å². The van der Waals surface area contributed by atoms with Crippen LogP contribution in [-0.4, -0.2) is 25.6 Å². The molecule has 0 aliphatic rings. The fourth-order valence-electron chi connectivity index (χ4n) is 3.01. The monoisotopic (exact) mass is 487 g/mol. The van der Waals surface area contributed by atoms with Crippen LogP contribution in [0.4, 0.5) is 10.8 Å². The summed E-state index contributed by atoms with van der Waals surface area (Å²) in [4.78, 5) is 16.8. The predicted molar refractivity (Wildman–Crippen MR) is 131 cm³/mol. The van der Waals surface area contributed by atoms with Gasteiger partial charge in [-0.1, -0.05) is 35.6 Å². The first-order valence-corrected chi connectivity index (χ1v) is 13.5. The molecule has 4 rings (SSSR count). The van der Waals surface area contributed by atoms with Gasteiger partial charge in [-0.15, -0.1) is 11.8 Å². The van der Waals surface area contributed by atoms with E-state index in [2.05, 4.69) is 34.1 Å². The second kappa shape index (κ2) is 9.35. The first kappa shape index (κ1) is 22.4. The molecule has 2 N–H and O–H groups in total. The number of nitrogens with one attached hydrogen (secondary N) is 2. The summed E-state index contributed by atoms with van der Waals surface area (Å²) in [5, 5.41) is 3.09. The smallest absolute Gasteiger partial charge is 0.291 e. The molecule has 0 atom stereocenters. The molecular formula is C22H21N3O4S3. The summed E-state index contributed by atoms with van der Waals surface area (Å²) in [7, 11) is -3.40. The third-order valence-electron chi connectivity index (χ3n) is 4.57. The van der Waals surface area contributed by atoms with Crippen molar-refractivity contribution in [1.82, 2.24) is 4.98 Å². The first-order valence-electron chi connectivity index (χ1n) is 9.67. The van der Waals surface area contributed by atoms with Crippen LogP contribution < -0.4 is 10.0 Å². The number of aryl methyl sites for hydroxylation is 1. The lowest BCUT2D eigenvalue weighted by Gasteiger charge is -2.04. The lowest BCUT2D eigenvalue weighted by Crippen LogP contribution is -2.10. The number of fused-ring (bicyclic) bond motifs is 1. The van der Waals surface area contributed by atoms with Gasteiger partial charge in [-0.25, -0.2) is 13.4 Å². The van der Waals surface area contributed by atoms with E-state index >= 15 is 0 Å². The average molecular weight is 488 g/mol. The molecule has 0 aliphatic heterocycles. The SMILES string of the molecule is Cc1ccccc1CSCc1ccc(C(=O)Nc2ccc3nc(NS(C)(=O)=O)sc3c2)o1. The van der Waals surface area contributed by atoms with E-state index in [1.54, 1.807) is 36.0 Å². The molecule has 32 heavy (non-hydrogen) atoms. The summed E-state index contributed by atoms with van der Waals surface area (Å²) in [6, 6.07) is 16.9. The molecule has 1 amide bonds. The number of sulfonamides is 1. The number of hydrogen-bond donors (Lipinski definition) is 2. The molecule has 2 aromatic carbocycles. The zero-order valence-electron chi connectivity index (χ0n) is 17.4. The Bertz CT molecular complexity index is 1380. The molecule has 0 bridgehead atoms. The van der Waals surface area contributed by atoms with Crippen molar-refractivity contribution in [3.05, 3.63) is 77.2 Å². The Balaban J connectivity index is 1.37. The minimum absolute atomic E-state index is 0.236. The van der Waals surface area contributed by atoms with Crippen molar-refractivity contribution in [3.63, 3.8) is 0 Å². The van der Waals surface area contributed by atoms with E-state index in [9.17, 15) is 13.2 Å². The number of rotatable bonds is 8. The minimum Gasteiger partial charge on any atom is -0.455 e. The van der Waals surface area contributed by atoms with Crippen LogP contribution in [0, 0.1) is 6.92 Å². The number of carbonyl (C=O) groups excluding carboxylic acids is 1. The van der Waals surface area contributed by atoms with Crippen LogP contribution in [0.15, 0.2) is 59.0 Å². The van der Waals surface area contributed by atoms with Crippen molar-refractivity contribution in [3.8, 4) is 0 Å². The molecule has 0 aliphatic carbocycles. The van der Waals surface area contributed by atoms with E-state index in [-0.39, 0.29) is 16.8 Å². The normalized spacial score (nSPS) is 11.6. The number of benzene rings is 2. The van der Waals surface area contributed by atoms with Crippen LogP contribution in [0.3, 0.4) is 0 Å². The molecule has 0 radical (unpaired) electrons. The molecule has 10 heteroatoms. The molecule has 2 aromatic heterocycles. The van der Waals surface area contributed by atoms with Gasteiger partial charge in [0.05, 0.1) is 22.2 Å². The number of anilines is 2. The van der Waals surface area contributed by atoms with E-state index in [0.717, 1.165) is 22.5 Å². The second-order valence-electron chi connectivity index (χ2n) is 7.22. The number of hydrogen-bond acceptors (Lipinski definition) is 7. The minimum atomic E-state index is -3.40. The van der Waals surface area contributed by atoms with Gasteiger partial charge in [0.1, 0.15) is 5.76 Å². The summed E-state index contributed by atoms with van der Waals surface area (Å²) < 4.78 is 31.6. The number of aromatic nitrogens is 1. The molecule has 0 fully saturated rings. The number of carbonyl (C=O) groups is 1. The Morgan fingerprint density at radius 3 is 2.72 bits per heavy atom. The topological polar surface area (TPSA) is 101 Å². The van der Waals surface area contributed by atoms with E-state index in [1.807, 2.05) is 18.2 Å². The lowest BCUT2D eigenvalue weighted by atomic mass is 10.1. The summed E-state index contributed by atoms with van der Waals surface area (Å²) in [5.41, 5.74) is 3.76. The van der Waals surface area contributed by atoms with Crippen molar-refractivity contribution < 1.29 is 17.6 Å². The number of thiazole rings is 1. The highest BCUT2D eigenvalue weighted by molar-refractivity contribution is 7.97. The third-order valence-corrected chi connectivity index (χ3v) is 7.20. The molecule has 0 saturated carbocycles. The van der Waals surface area contributed by atoms with E-state index in [0.29, 0.717) is 17.0 Å². The lowest BCUT2D eigenvalue weighted by molar-refractivity contribution is 0.0995. The Kier molecular flexibility index (Phi) is 6.54. The highest BCUT2D eigenvalue weighted by Gasteiger charge is 2.14. The highest BCUT2D eigenvalue weighted by Crippen LogP contribution is 2.29. The van der Waals surface area contributed by atoms with Crippen LogP contribution in [0.25, 0.3) is 10.2 Å². The number of amides is 1. The van der Waals surface area contributed by atoms with E-state index < -0.39 is 10.0 Å². The largest absolute Gasteiger partial charge is 0.455 e. The summed E-state index contributed by atoms with van der Waals surface area (Å²) >= 11 is 2.93. The Morgan fingerprint density at radius 2 is 1.94 bits per heavy atom. The van der Waals surface area contributed by atoms with Crippen LogP contribution in [-0.2, 0) is 21.5 Å². The fourth-order valence-corrected chi connectivity index (χ4v) is 5.75. The number of thioether (sulfide) groups is 1. The molecule has 4 aromatic rings. The maximum atomic E-state index is 12.6. The summed E-state index contributed by atoms with van der Waals surface area (Å²) in [6.07, 6.45) is 1.07. The molecule has 0 spiro atoms. The molecule has 0 saturated heterocycles. The van der Waals surface area contributed by atoms with Gasteiger partial charge in [-0.3, -0.25) is 9.52 Å². The zero-order valence-corrected chi connectivity index (χ0v) is 19.9. The fraction of sp³-hybridized carbons (Fsp3) is 0.182. The Hall–Kier alpha value is -2.82. The van der Waals surface area contributed by atoms with E-state index in [1.165, 1.54) is 22.5 Å². The first-order chi connectivity index (χ1) is 15.3. The van der Waals surface area contributed by atoms with Crippen molar-refractivity contribution in [2.45, 2.75) is 18.4 Å². The molecule has 2 heterocycles. The van der Waals surface area contributed by atoms with Crippen molar-refractivity contribution in [1.29, 1.82) is 0 Å². The van der Waals surface area contributed by atoms with Crippen molar-refractivity contribution in [2.24, 2.45) is 0 Å². The molecule has 7 nitrogen and oxygen atoms in total. The van der Waals surface area contributed by atoms with Gasteiger partial charge in [0.15, 0.2) is 10.9 Å². The van der Waals surface area contributed by atoms with E-state index in [4.69, 9.17) is 4.42 Å².